The first-order valence-corrected chi connectivity index (χ1v) is 14.9. The summed E-state index contributed by atoms with van der Waals surface area (Å²) in [5, 5.41) is 5.61. The van der Waals surface area contributed by atoms with Crippen LogP contribution < -0.4 is 5.32 Å². The topological polar surface area (TPSA) is 79.6 Å². The summed E-state index contributed by atoms with van der Waals surface area (Å²) in [6, 6.07) is 4.64. The average molecular weight is 588 g/mol. The highest BCUT2D eigenvalue weighted by molar-refractivity contribution is 7.15. The number of rotatable bonds is 5. The highest BCUT2D eigenvalue weighted by atomic mass is 32.1. The van der Waals surface area contributed by atoms with E-state index in [2.05, 4.69) is 22.2 Å². The van der Waals surface area contributed by atoms with Gasteiger partial charge in [0.15, 0.2) is 4.96 Å². The van der Waals surface area contributed by atoms with Gasteiger partial charge in [-0.05, 0) is 62.1 Å². The van der Waals surface area contributed by atoms with Crippen molar-refractivity contribution in [3.05, 3.63) is 63.5 Å². The molecule has 40 heavy (non-hydrogen) atoms. The second-order valence-electron chi connectivity index (χ2n) is 10.8. The van der Waals surface area contributed by atoms with E-state index in [4.69, 9.17) is 0 Å². The van der Waals surface area contributed by atoms with E-state index in [0.29, 0.717) is 51.8 Å². The van der Waals surface area contributed by atoms with Gasteiger partial charge in [0, 0.05) is 24.7 Å². The van der Waals surface area contributed by atoms with Crippen molar-refractivity contribution in [1.82, 2.24) is 24.6 Å². The van der Waals surface area contributed by atoms with E-state index >= 15 is 0 Å². The van der Waals surface area contributed by atoms with Crippen LogP contribution in [0.5, 0.6) is 0 Å². The molecule has 2 aliphatic rings. The number of likely N-dealkylation sites (tertiary alicyclic amines) is 1. The van der Waals surface area contributed by atoms with E-state index in [1.54, 1.807) is 11.3 Å². The number of hydrogen-bond donors (Lipinski definition) is 1. The molecule has 0 radical (unpaired) electrons. The largest absolute Gasteiger partial charge is 0.416 e. The Hall–Kier alpha value is -3.25. The summed E-state index contributed by atoms with van der Waals surface area (Å²) >= 11 is 2.75. The van der Waals surface area contributed by atoms with Crippen molar-refractivity contribution < 1.29 is 22.8 Å². The molecule has 1 unspecified atom stereocenters. The predicted octanol–water partition coefficient (Wildman–Crippen LogP) is 6.07. The number of imidazole rings is 1. The zero-order valence-corrected chi connectivity index (χ0v) is 23.8. The summed E-state index contributed by atoms with van der Waals surface area (Å²) in [7, 11) is 0. The number of alkyl halides is 3. The van der Waals surface area contributed by atoms with Crippen molar-refractivity contribution in [1.29, 1.82) is 0 Å². The zero-order valence-electron chi connectivity index (χ0n) is 22.2. The number of fused-ring (bicyclic) bond motifs is 2. The molecule has 1 aliphatic heterocycles. The van der Waals surface area contributed by atoms with Gasteiger partial charge in [0.1, 0.15) is 11.4 Å². The zero-order chi connectivity index (χ0) is 28.3. The number of nitrogens with zero attached hydrogens (tertiary/aromatic N) is 4. The van der Waals surface area contributed by atoms with Crippen LogP contribution in [0.2, 0.25) is 0 Å². The molecule has 210 valence electrons. The Morgan fingerprint density at radius 2 is 1.88 bits per heavy atom. The van der Waals surface area contributed by atoms with Crippen LogP contribution >= 0.6 is 22.7 Å². The number of nitrogens with one attached hydrogen (secondary N) is 1. The van der Waals surface area contributed by atoms with Crippen molar-refractivity contribution in [3.63, 3.8) is 0 Å². The van der Waals surface area contributed by atoms with Gasteiger partial charge < -0.3 is 10.2 Å². The highest BCUT2D eigenvalue weighted by Gasteiger charge is 2.48. The van der Waals surface area contributed by atoms with Gasteiger partial charge in [0.2, 0.25) is 0 Å². The molecule has 1 saturated heterocycles. The van der Waals surface area contributed by atoms with Crippen LogP contribution in [0.3, 0.4) is 0 Å². The summed E-state index contributed by atoms with van der Waals surface area (Å²) in [5.74, 6) is 0.635. The molecule has 1 aliphatic carbocycles. The van der Waals surface area contributed by atoms with Crippen molar-refractivity contribution in [3.8, 4) is 10.4 Å². The summed E-state index contributed by atoms with van der Waals surface area (Å²) in [4.78, 5) is 39.4. The van der Waals surface area contributed by atoms with Gasteiger partial charge in [-0.1, -0.05) is 19.1 Å². The second kappa shape index (κ2) is 9.99. The molecule has 1 saturated carbocycles. The van der Waals surface area contributed by atoms with Gasteiger partial charge in [-0.15, -0.1) is 22.7 Å². The van der Waals surface area contributed by atoms with Crippen molar-refractivity contribution in [2.75, 3.05) is 13.1 Å². The number of amides is 2. The third kappa shape index (κ3) is 4.70. The van der Waals surface area contributed by atoms with Gasteiger partial charge in [-0.2, -0.15) is 13.2 Å². The first kappa shape index (κ1) is 26.9. The van der Waals surface area contributed by atoms with E-state index in [1.165, 1.54) is 34.8 Å². The number of carbonyl (C=O) groups is 2. The van der Waals surface area contributed by atoms with E-state index in [0.717, 1.165) is 29.9 Å². The van der Waals surface area contributed by atoms with Crippen molar-refractivity contribution in [2.24, 2.45) is 17.8 Å². The first-order valence-electron chi connectivity index (χ1n) is 13.2. The Labute approximate surface area is 237 Å². The maximum absolute atomic E-state index is 14.0. The minimum absolute atomic E-state index is 0.208. The molecule has 0 bridgehead atoms. The number of hydrogen-bond acceptors (Lipinski definition) is 6. The SMILES string of the molecule is Cc1nc(C(=O)N2C[C@@H]3CC(C)C[C@@H]3[C@H]2CNC(=O)c2c(C)nc3sccn23)c(-c2ccc(C(F)(F)F)cc2)s1. The van der Waals surface area contributed by atoms with Gasteiger partial charge in [0.05, 0.1) is 27.2 Å². The Bertz CT molecular complexity index is 1590. The monoisotopic (exact) mass is 587 g/mol. The minimum atomic E-state index is -4.44. The van der Waals surface area contributed by atoms with Crippen LogP contribution in [0, 0.1) is 31.6 Å². The average Bonchev–Trinajstić information content (AvgIpc) is 3.69. The lowest BCUT2D eigenvalue weighted by atomic mass is 9.93. The Morgan fingerprint density at radius 3 is 2.60 bits per heavy atom. The van der Waals surface area contributed by atoms with Gasteiger partial charge in [-0.25, -0.2) is 9.97 Å². The quantitative estimate of drug-likeness (QED) is 0.307. The minimum Gasteiger partial charge on any atom is -0.349 e. The highest BCUT2D eigenvalue weighted by Crippen LogP contribution is 2.46. The molecule has 12 heteroatoms. The molecule has 1 aromatic carbocycles. The Morgan fingerprint density at radius 1 is 1.12 bits per heavy atom. The van der Waals surface area contributed by atoms with Crippen LogP contribution in [-0.4, -0.2) is 50.2 Å². The third-order valence-electron chi connectivity index (χ3n) is 8.11. The van der Waals surface area contributed by atoms with Crippen molar-refractivity contribution >= 4 is 39.4 Å². The molecular weight excluding hydrogens is 559 g/mol. The smallest absolute Gasteiger partial charge is 0.349 e. The lowest BCUT2D eigenvalue weighted by molar-refractivity contribution is -0.137. The standard InChI is InChI=1S/C28H28F3N5O2S2/c1-14-10-18-13-36(21(20(18)11-14)12-32-25(37)23-15(2)33-27-35(23)8-9-39-27)26(38)22-24(40-16(3)34-22)17-4-6-19(7-5-17)28(29,30)31/h4-9,14,18,20-21H,10-13H2,1-3H3,(H,32,37)/t14?,18-,20-,21+/m0/s1. The molecular formula is C28H28F3N5O2S2. The van der Waals surface area contributed by atoms with E-state index < -0.39 is 11.7 Å². The first-order chi connectivity index (χ1) is 19.0. The second-order valence-corrected chi connectivity index (χ2v) is 12.9. The maximum Gasteiger partial charge on any atom is 0.416 e. The van der Waals surface area contributed by atoms with Gasteiger partial charge in [0.25, 0.3) is 11.8 Å². The fourth-order valence-corrected chi connectivity index (χ4v) is 8.08. The van der Waals surface area contributed by atoms with Crippen LogP contribution in [-0.2, 0) is 6.18 Å². The molecule has 2 amide bonds. The molecule has 0 spiro atoms. The number of aromatic nitrogens is 3. The van der Waals surface area contributed by atoms with E-state index in [9.17, 15) is 22.8 Å². The lowest BCUT2D eigenvalue weighted by Gasteiger charge is -2.28. The molecule has 1 N–H and O–H groups in total. The fraction of sp³-hybridized carbons (Fsp3) is 0.429. The normalized spacial score (nSPS) is 22.7. The molecule has 7 nitrogen and oxygen atoms in total. The lowest BCUT2D eigenvalue weighted by Crippen LogP contribution is -2.46. The summed E-state index contributed by atoms with van der Waals surface area (Å²) in [6.07, 6.45) is -0.634. The van der Waals surface area contributed by atoms with E-state index in [-0.39, 0.29) is 29.5 Å². The number of carbonyl (C=O) groups excluding carboxylic acids is 2. The fourth-order valence-electron chi connectivity index (χ4n) is 6.40. The van der Waals surface area contributed by atoms with Crippen LogP contribution in [0.15, 0.2) is 35.8 Å². The van der Waals surface area contributed by atoms with E-state index in [1.807, 2.05) is 23.4 Å². The summed E-state index contributed by atoms with van der Waals surface area (Å²) in [6.45, 7) is 6.68. The van der Waals surface area contributed by atoms with Crippen molar-refractivity contribution in [2.45, 2.75) is 45.8 Å². The van der Waals surface area contributed by atoms with Crippen LogP contribution in [0.1, 0.15) is 57.0 Å². The number of benzene rings is 1. The van der Waals surface area contributed by atoms with Gasteiger partial charge in [-0.3, -0.25) is 14.0 Å². The molecule has 6 rings (SSSR count). The Kier molecular flexibility index (Phi) is 6.73. The number of thiazole rings is 2. The molecule has 3 aromatic heterocycles. The number of aryl methyl sites for hydroxylation is 2. The maximum atomic E-state index is 14.0. The summed E-state index contributed by atoms with van der Waals surface area (Å²) in [5.41, 5.74) is 1.17. The van der Waals surface area contributed by atoms with Crippen LogP contribution in [0.25, 0.3) is 15.4 Å². The predicted molar refractivity (Wildman–Crippen MR) is 148 cm³/mol. The third-order valence-corrected chi connectivity index (χ3v) is 9.88. The summed E-state index contributed by atoms with van der Waals surface area (Å²) < 4.78 is 41.1. The van der Waals surface area contributed by atoms with Gasteiger partial charge >= 0.3 is 6.18 Å². The molecule has 2 fully saturated rings. The molecule has 4 atom stereocenters. The molecule has 4 heterocycles. The van der Waals surface area contributed by atoms with Crippen LogP contribution in [0.4, 0.5) is 13.2 Å². The number of halogens is 3. The Balaban J connectivity index is 1.27. The molecule has 4 aromatic rings.